The van der Waals surface area contributed by atoms with Gasteiger partial charge < -0.3 is 0 Å². The molecule has 0 aromatic heterocycles. The van der Waals surface area contributed by atoms with Crippen molar-refractivity contribution in [2.75, 3.05) is 0 Å². The van der Waals surface area contributed by atoms with E-state index in [2.05, 4.69) is 27.7 Å². The number of unbranched alkanes of at least 4 members (excludes halogenated alkanes) is 36. The van der Waals surface area contributed by atoms with Crippen molar-refractivity contribution in [3.05, 3.63) is 0 Å². The first kappa shape index (κ1) is 59.7. The molecule has 8 nitrogen and oxygen atoms in total. The van der Waals surface area contributed by atoms with Crippen molar-refractivity contribution in [2.45, 2.75) is 310 Å². The Balaban J connectivity index is 5.51. The molecule has 0 aliphatic carbocycles. The summed E-state index contributed by atoms with van der Waals surface area (Å²) in [7, 11) is 0. The first-order valence-corrected chi connectivity index (χ1v) is 31.4. The summed E-state index contributed by atoms with van der Waals surface area (Å²) in [6.45, 7) is 8.92. The van der Waals surface area contributed by atoms with Gasteiger partial charge in [0, 0.05) is 0 Å². The molecule has 0 unspecified atom stereocenters. The SMILES string of the molecule is CCCCCCCCCCCCC(=O)[O][Sn]([O]C(=O)CCCCCCCCCCCC)([O]C(=O)CCCCCCCCCCCC)[O]C(=O)CCCCCCCCCCCC. The maximum absolute atomic E-state index is 13.4. The molecule has 0 N–H and O–H groups in total. The van der Waals surface area contributed by atoms with Crippen molar-refractivity contribution in [3.8, 4) is 0 Å². The van der Waals surface area contributed by atoms with E-state index in [0.717, 1.165) is 77.0 Å². The third-order valence-electron chi connectivity index (χ3n) is 11.9. The van der Waals surface area contributed by atoms with E-state index < -0.39 is 43.9 Å². The van der Waals surface area contributed by atoms with Gasteiger partial charge in [0.25, 0.3) is 0 Å². The van der Waals surface area contributed by atoms with Crippen LogP contribution in [0.25, 0.3) is 0 Å². The first-order valence-electron chi connectivity index (χ1n) is 26.7. The van der Waals surface area contributed by atoms with Crippen LogP contribution in [0.2, 0.25) is 0 Å². The molecule has 0 spiro atoms. The second-order valence-electron chi connectivity index (χ2n) is 18.1. The van der Waals surface area contributed by atoms with Gasteiger partial charge in [-0.15, -0.1) is 0 Å². The molecule has 61 heavy (non-hydrogen) atoms. The predicted octanol–water partition coefficient (Wildman–Crippen LogP) is 16.8. The zero-order valence-electron chi connectivity index (χ0n) is 40.9. The van der Waals surface area contributed by atoms with Gasteiger partial charge in [0.2, 0.25) is 0 Å². The molecule has 0 aromatic carbocycles. The Morgan fingerprint density at radius 2 is 0.361 bits per heavy atom. The van der Waals surface area contributed by atoms with Gasteiger partial charge in [-0.1, -0.05) is 53.4 Å². The average molecular weight is 972 g/mol. The van der Waals surface area contributed by atoms with E-state index in [1.807, 2.05) is 0 Å². The molecule has 0 aliphatic rings. The summed E-state index contributed by atoms with van der Waals surface area (Å²) >= 11 is -5.85. The Hall–Kier alpha value is -1.32. The number of carbonyl (C=O) groups excluding carboxylic acids is 4. The topological polar surface area (TPSA) is 105 Å². The minimum Gasteiger partial charge on any atom is -0.0654 e. The van der Waals surface area contributed by atoms with Gasteiger partial charge >= 0.3 is 332 Å². The third-order valence-corrected chi connectivity index (χ3v) is 17.3. The second-order valence-corrected chi connectivity index (χ2v) is 23.3. The summed E-state index contributed by atoms with van der Waals surface area (Å²) in [5, 5.41) is 0. The van der Waals surface area contributed by atoms with E-state index in [1.165, 1.54) is 154 Å². The Kier molecular flexibility index (Phi) is 45.7. The van der Waals surface area contributed by atoms with E-state index in [9.17, 15) is 19.2 Å². The van der Waals surface area contributed by atoms with Gasteiger partial charge in [-0.3, -0.25) is 0 Å². The molecule has 0 aliphatic heterocycles. The Labute approximate surface area is 383 Å². The summed E-state index contributed by atoms with van der Waals surface area (Å²) in [5.74, 6) is -2.50. The Bertz CT molecular complexity index is 846. The van der Waals surface area contributed by atoms with Crippen LogP contribution in [0.1, 0.15) is 310 Å². The molecule has 9 heteroatoms. The van der Waals surface area contributed by atoms with Gasteiger partial charge in [0.05, 0.1) is 0 Å². The summed E-state index contributed by atoms with van der Waals surface area (Å²) in [5.41, 5.74) is 0. The summed E-state index contributed by atoms with van der Waals surface area (Å²) in [6.07, 6.45) is 45.3. The number of carbonyl (C=O) groups is 4. The van der Waals surface area contributed by atoms with Gasteiger partial charge in [-0.2, -0.15) is 0 Å². The molecule has 0 saturated carbocycles. The maximum atomic E-state index is 13.4. The number of rotatable bonds is 48. The fraction of sp³-hybridized carbons (Fsp3) is 0.923. The van der Waals surface area contributed by atoms with Crippen LogP contribution in [0, 0.1) is 0 Å². The van der Waals surface area contributed by atoms with E-state index in [1.54, 1.807) is 0 Å². The minimum atomic E-state index is -5.85. The summed E-state index contributed by atoms with van der Waals surface area (Å²) in [4.78, 5) is 53.7. The Morgan fingerprint density at radius 1 is 0.230 bits per heavy atom. The van der Waals surface area contributed by atoms with Crippen LogP contribution in [0.3, 0.4) is 0 Å². The van der Waals surface area contributed by atoms with Crippen LogP contribution in [0.15, 0.2) is 0 Å². The van der Waals surface area contributed by atoms with Gasteiger partial charge in [-0.05, 0) is 0 Å². The van der Waals surface area contributed by atoms with Crippen molar-refractivity contribution in [2.24, 2.45) is 0 Å². The van der Waals surface area contributed by atoms with Gasteiger partial charge in [0.15, 0.2) is 0 Å². The van der Waals surface area contributed by atoms with E-state index >= 15 is 0 Å². The average Bonchev–Trinajstić information content (AvgIpc) is 3.23. The quantitative estimate of drug-likeness (QED) is 0.0439. The third kappa shape index (κ3) is 42.4. The zero-order valence-corrected chi connectivity index (χ0v) is 43.7. The molecular formula is C52H100O8Sn. The van der Waals surface area contributed by atoms with Crippen LogP contribution in [0.4, 0.5) is 0 Å². The first-order chi connectivity index (χ1) is 29.8. The van der Waals surface area contributed by atoms with Crippen LogP contribution < -0.4 is 0 Å². The molecule has 0 aromatic rings. The fourth-order valence-electron chi connectivity index (χ4n) is 7.91. The molecule has 0 rings (SSSR count). The predicted molar refractivity (Wildman–Crippen MR) is 256 cm³/mol. The minimum absolute atomic E-state index is 0.0944. The van der Waals surface area contributed by atoms with Crippen LogP contribution >= 0.6 is 0 Å². The summed E-state index contributed by atoms with van der Waals surface area (Å²) < 4.78 is 23.5. The van der Waals surface area contributed by atoms with E-state index in [0.29, 0.717) is 25.7 Å². The second kappa shape index (κ2) is 46.7. The van der Waals surface area contributed by atoms with Crippen LogP contribution in [0.5, 0.6) is 0 Å². The smallest absolute Gasteiger partial charge is 0.0654 e. The molecule has 0 radical (unpaired) electrons. The molecule has 0 fully saturated rings. The zero-order chi connectivity index (χ0) is 44.8. The molecule has 0 saturated heterocycles. The van der Waals surface area contributed by atoms with Gasteiger partial charge in [-0.25, -0.2) is 0 Å². The molecule has 0 bridgehead atoms. The Morgan fingerprint density at radius 3 is 0.508 bits per heavy atom. The number of hydrogen-bond acceptors (Lipinski definition) is 8. The molecule has 0 amide bonds. The van der Waals surface area contributed by atoms with Crippen molar-refractivity contribution >= 4 is 43.9 Å². The van der Waals surface area contributed by atoms with E-state index in [4.69, 9.17) is 12.3 Å². The normalized spacial score (nSPS) is 11.5. The molecular weight excluding hydrogens is 871 g/mol. The van der Waals surface area contributed by atoms with Crippen molar-refractivity contribution in [1.82, 2.24) is 0 Å². The fourth-order valence-corrected chi connectivity index (χ4v) is 13.0. The van der Waals surface area contributed by atoms with Crippen LogP contribution in [-0.4, -0.2) is 43.9 Å². The number of hydrogen-bond donors (Lipinski definition) is 0. The monoisotopic (exact) mass is 973 g/mol. The molecule has 360 valence electrons. The molecule has 0 atom stereocenters. The molecule has 0 heterocycles. The standard InChI is InChI=1S/4C13H26O2.Sn/c4*1-2-3-4-5-6-7-8-9-10-11-12-13(14)15;/h4*2-12H2,1H3,(H,14,15);/q;;;;+4/p-4. The van der Waals surface area contributed by atoms with E-state index in [-0.39, 0.29) is 25.7 Å². The van der Waals surface area contributed by atoms with Gasteiger partial charge in [0.1, 0.15) is 0 Å². The van der Waals surface area contributed by atoms with Crippen LogP contribution in [-0.2, 0) is 31.5 Å². The van der Waals surface area contributed by atoms with Crippen molar-refractivity contribution < 1.29 is 31.5 Å². The van der Waals surface area contributed by atoms with Crippen molar-refractivity contribution in [3.63, 3.8) is 0 Å². The summed E-state index contributed by atoms with van der Waals surface area (Å²) in [6, 6.07) is 0. The van der Waals surface area contributed by atoms with Crippen molar-refractivity contribution in [1.29, 1.82) is 0 Å².